The molecule has 0 amide bonds. The van der Waals surface area contributed by atoms with Gasteiger partial charge in [0.25, 0.3) is 0 Å². The smallest absolute Gasteiger partial charge is 0.122 e. The maximum absolute atomic E-state index is 9.84. The standard InChI is InChI=1S/C15H25NO2/c1-12(16(4)11-15(2,3)17)10-13-8-6-7-9-14(13)18-5/h6-9,12,17H,10-11H2,1-5H3. The van der Waals surface area contributed by atoms with Crippen LogP contribution in [-0.4, -0.2) is 42.4 Å². The van der Waals surface area contributed by atoms with Crippen LogP contribution >= 0.6 is 0 Å². The zero-order valence-electron chi connectivity index (χ0n) is 12.1. The van der Waals surface area contributed by atoms with Crippen molar-refractivity contribution in [1.29, 1.82) is 0 Å². The van der Waals surface area contributed by atoms with E-state index in [1.807, 2.05) is 39.1 Å². The SMILES string of the molecule is COc1ccccc1CC(C)N(C)CC(C)(C)O. The van der Waals surface area contributed by atoms with E-state index < -0.39 is 5.60 Å². The first-order chi connectivity index (χ1) is 8.33. The van der Waals surface area contributed by atoms with Gasteiger partial charge in [-0.3, -0.25) is 0 Å². The van der Waals surface area contributed by atoms with Crippen LogP contribution in [0.25, 0.3) is 0 Å². The van der Waals surface area contributed by atoms with Gasteiger partial charge in [0.15, 0.2) is 0 Å². The summed E-state index contributed by atoms with van der Waals surface area (Å²) < 4.78 is 5.36. The highest BCUT2D eigenvalue weighted by atomic mass is 16.5. The summed E-state index contributed by atoms with van der Waals surface area (Å²) in [5.74, 6) is 0.931. The maximum atomic E-state index is 9.84. The topological polar surface area (TPSA) is 32.7 Å². The second-order valence-corrected chi connectivity index (χ2v) is 5.59. The molecule has 1 N–H and O–H groups in total. The summed E-state index contributed by atoms with van der Waals surface area (Å²) in [5.41, 5.74) is 0.541. The van der Waals surface area contributed by atoms with Crippen molar-refractivity contribution in [3.63, 3.8) is 0 Å². The van der Waals surface area contributed by atoms with Gasteiger partial charge in [-0.25, -0.2) is 0 Å². The van der Waals surface area contributed by atoms with Gasteiger partial charge in [-0.2, -0.15) is 0 Å². The van der Waals surface area contributed by atoms with Crippen molar-refractivity contribution >= 4 is 0 Å². The molecular formula is C15H25NO2. The zero-order chi connectivity index (χ0) is 13.8. The highest BCUT2D eigenvalue weighted by molar-refractivity contribution is 5.33. The van der Waals surface area contributed by atoms with Crippen LogP contribution in [-0.2, 0) is 6.42 Å². The number of hydrogen-bond acceptors (Lipinski definition) is 3. The van der Waals surface area contributed by atoms with Gasteiger partial charge in [0.05, 0.1) is 12.7 Å². The predicted octanol–water partition coefficient (Wildman–Crippen LogP) is 2.33. The minimum Gasteiger partial charge on any atom is -0.496 e. The minimum atomic E-state index is -0.663. The van der Waals surface area contributed by atoms with Crippen LogP contribution in [0.2, 0.25) is 0 Å². The van der Waals surface area contributed by atoms with Crippen LogP contribution in [0.4, 0.5) is 0 Å². The van der Waals surface area contributed by atoms with Crippen LogP contribution in [0.1, 0.15) is 26.3 Å². The van der Waals surface area contributed by atoms with E-state index in [1.54, 1.807) is 7.11 Å². The average Bonchev–Trinajstić information content (AvgIpc) is 2.27. The molecule has 0 fully saturated rings. The molecule has 1 unspecified atom stereocenters. The fourth-order valence-electron chi connectivity index (χ4n) is 2.11. The van der Waals surface area contributed by atoms with Gasteiger partial charge in [-0.1, -0.05) is 18.2 Å². The van der Waals surface area contributed by atoms with Gasteiger partial charge < -0.3 is 14.7 Å². The Bertz CT molecular complexity index is 371. The molecule has 1 aromatic rings. The van der Waals surface area contributed by atoms with Crippen LogP contribution < -0.4 is 4.74 Å². The third-order valence-corrected chi connectivity index (χ3v) is 3.10. The average molecular weight is 251 g/mol. The maximum Gasteiger partial charge on any atom is 0.122 e. The summed E-state index contributed by atoms with van der Waals surface area (Å²) in [7, 11) is 3.74. The van der Waals surface area contributed by atoms with E-state index in [9.17, 15) is 5.11 Å². The lowest BCUT2D eigenvalue weighted by molar-refractivity contribution is 0.0335. The van der Waals surface area contributed by atoms with Crippen LogP contribution in [0.5, 0.6) is 5.75 Å². The van der Waals surface area contributed by atoms with Gasteiger partial charge in [-0.15, -0.1) is 0 Å². The first kappa shape index (κ1) is 15.0. The molecule has 0 saturated heterocycles. The molecule has 1 rings (SSSR count). The molecule has 0 bridgehead atoms. The molecule has 1 atom stereocenters. The van der Waals surface area contributed by atoms with E-state index in [-0.39, 0.29) is 0 Å². The van der Waals surface area contributed by atoms with Gasteiger partial charge in [0.2, 0.25) is 0 Å². The monoisotopic (exact) mass is 251 g/mol. The number of hydrogen-bond donors (Lipinski definition) is 1. The summed E-state index contributed by atoms with van der Waals surface area (Å²) in [6.07, 6.45) is 0.913. The summed E-state index contributed by atoms with van der Waals surface area (Å²) in [5, 5.41) is 9.84. The first-order valence-corrected chi connectivity index (χ1v) is 6.38. The molecule has 0 spiro atoms. The van der Waals surface area contributed by atoms with Crippen molar-refractivity contribution in [2.24, 2.45) is 0 Å². The second kappa shape index (κ2) is 6.21. The lowest BCUT2D eigenvalue weighted by Gasteiger charge is -2.30. The summed E-state index contributed by atoms with van der Waals surface area (Å²) in [6, 6.07) is 8.44. The van der Waals surface area contributed by atoms with Crippen molar-refractivity contribution < 1.29 is 9.84 Å². The Kier molecular flexibility index (Phi) is 5.17. The number of likely N-dealkylation sites (N-methyl/N-ethyl adjacent to an activating group) is 1. The quantitative estimate of drug-likeness (QED) is 0.842. The van der Waals surface area contributed by atoms with E-state index in [4.69, 9.17) is 4.74 Å². The molecule has 0 saturated carbocycles. The fraction of sp³-hybridized carbons (Fsp3) is 0.600. The lowest BCUT2D eigenvalue weighted by Crippen LogP contribution is -2.41. The molecule has 0 aliphatic heterocycles. The second-order valence-electron chi connectivity index (χ2n) is 5.59. The molecule has 18 heavy (non-hydrogen) atoms. The summed E-state index contributed by atoms with van der Waals surface area (Å²) >= 11 is 0. The first-order valence-electron chi connectivity index (χ1n) is 6.38. The fourth-order valence-corrected chi connectivity index (χ4v) is 2.11. The normalized spacial score (nSPS) is 13.7. The van der Waals surface area contributed by atoms with Crippen molar-refractivity contribution in [2.75, 3.05) is 20.7 Å². The van der Waals surface area contributed by atoms with Gasteiger partial charge in [0.1, 0.15) is 5.75 Å². The highest BCUT2D eigenvalue weighted by Crippen LogP contribution is 2.20. The van der Waals surface area contributed by atoms with Crippen molar-refractivity contribution in [2.45, 2.75) is 38.8 Å². The third-order valence-electron chi connectivity index (χ3n) is 3.10. The molecule has 0 heterocycles. The van der Waals surface area contributed by atoms with E-state index in [1.165, 1.54) is 5.56 Å². The predicted molar refractivity (Wildman–Crippen MR) is 75.1 cm³/mol. The van der Waals surface area contributed by atoms with Crippen LogP contribution in [0.15, 0.2) is 24.3 Å². The molecule has 0 aromatic heterocycles. The van der Waals surface area contributed by atoms with Gasteiger partial charge in [-0.05, 0) is 45.9 Å². The third kappa shape index (κ3) is 4.67. The summed E-state index contributed by atoms with van der Waals surface area (Å²) in [6.45, 7) is 6.49. The Labute approximate surface area is 110 Å². The lowest BCUT2D eigenvalue weighted by atomic mass is 10.0. The van der Waals surface area contributed by atoms with E-state index in [0.29, 0.717) is 12.6 Å². The molecule has 102 valence electrons. The van der Waals surface area contributed by atoms with Crippen molar-refractivity contribution in [3.05, 3.63) is 29.8 Å². The number of rotatable bonds is 6. The number of aliphatic hydroxyl groups is 1. The molecule has 3 heteroatoms. The molecule has 0 aliphatic rings. The van der Waals surface area contributed by atoms with E-state index in [0.717, 1.165) is 12.2 Å². The minimum absolute atomic E-state index is 0.354. The number of benzene rings is 1. The number of ether oxygens (including phenoxy) is 1. The van der Waals surface area contributed by atoms with Crippen LogP contribution in [0.3, 0.4) is 0 Å². The largest absolute Gasteiger partial charge is 0.496 e. The van der Waals surface area contributed by atoms with E-state index in [2.05, 4.69) is 17.9 Å². The Balaban J connectivity index is 2.66. The van der Waals surface area contributed by atoms with Gasteiger partial charge in [0, 0.05) is 12.6 Å². The highest BCUT2D eigenvalue weighted by Gasteiger charge is 2.20. The number of nitrogens with zero attached hydrogens (tertiary/aromatic N) is 1. The Morgan fingerprint density at radius 1 is 1.33 bits per heavy atom. The number of para-hydroxylation sites is 1. The van der Waals surface area contributed by atoms with E-state index >= 15 is 0 Å². The Morgan fingerprint density at radius 2 is 1.94 bits per heavy atom. The molecule has 3 nitrogen and oxygen atoms in total. The summed E-state index contributed by atoms with van der Waals surface area (Å²) in [4.78, 5) is 2.17. The molecule has 1 aromatic carbocycles. The Hall–Kier alpha value is -1.06. The van der Waals surface area contributed by atoms with Crippen molar-refractivity contribution in [1.82, 2.24) is 4.90 Å². The van der Waals surface area contributed by atoms with Gasteiger partial charge >= 0.3 is 0 Å². The molecule has 0 aliphatic carbocycles. The Morgan fingerprint density at radius 3 is 2.50 bits per heavy atom. The number of methoxy groups -OCH3 is 1. The molecular weight excluding hydrogens is 226 g/mol. The van der Waals surface area contributed by atoms with Crippen LogP contribution in [0, 0.1) is 0 Å². The molecule has 0 radical (unpaired) electrons. The zero-order valence-corrected chi connectivity index (χ0v) is 12.1. The van der Waals surface area contributed by atoms with Crippen molar-refractivity contribution in [3.8, 4) is 5.75 Å².